The summed E-state index contributed by atoms with van der Waals surface area (Å²) >= 11 is 0. The number of aromatic nitrogens is 2. The second kappa shape index (κ2) is 7.18. The molecule has 1 aromatic heterocycles. The Labute approximate surface area is 160 Å². The molecule has 1 fully saturated rings. The van der Waals surface area contributed by atoms with Crippen molar-refractivity contribution in [2.24, 2.45) is 0 Å². The van der Waals surface area contributed by atoms with E-state index in [9.17, 15) is 4.79 Å². The van der Waals surface area contributed by atoms with Crippen LogP contribution in [0.3, 0.4) is 0 Å². The summed E-state index contributed by atoms with van der Waals surface area (Å²) in [7, 11) is 0. The van der Waals surface area contributed by atoms with Gasteiger partial charge < -0.3 is 14.5 Å². The van der Waals surface area contributed by atoms with Crippen LogP contribution in [0.2, 0.25) is 0 Å². The summed E-state index contributed by atoms with van der Waals surface area (Å²) in [6.45, 7) is 8.04. The molecule has 1 aliphatic heterocycles. The van der Waals surface area contributed by atoms with Gasteiger partial charge in [0.05, 0.1) is 13.2 Å². The van der Waals surface area contributed by atoms with E-state index in [-0.39, 0.29) is 11.9 Å². The maximum absolute atomic E-state index is 12.7. The topological polar surface area (TPSA) is 58.6 Å². The van der Waals surface area contributed by atoms with Gasteiger partial charge in [0.1, 0.15) is 11.4 Å². The zero-order valence-electron chi connectivity index (χ0n) is 16.2. The second-order valence-corrected chi connectivity index (χ2v) is 7.51. The van der Waals surface area contributed by atoms with Gasteiger partial charge in [-0.05, 0) is 51.3 Å². The molecule has 6 heteroatoms. The lowest BCUT2D eigenvalue weighted by molar-refractivity contribution is 0.0726. The zero-order chi connectivity index (χ0) is 19.0. The molecule has 0 saturated heterocycles. The quantitative estimate of drug-likeness (QED) is 0.752. The molecule has 1 aromatic carbocycles. The third kappa shape index (κ3) is 3.61. The number of hydrogen-bond donors (Lipinski definition) is 0. The molecule has 2 heterocycles. The predicted molar refractivity (Wildman–Crippen MR) is 104 cm³/mol. The average Bonchev–Trinajstić information content (AvgIpc) is 3.45. The maximum Gasteiger partial charge on any atom is 0.273 e. The van der Waals surface area contributed by atoms with E-state index >= 15 is 0 Å². The fraction of sp³-hybridized carbons (Fsp3) is 0.476. The van der Waals surface area contributed by atoms with E-state index in [1.54, 1.807) is 0 Å². The summed E-state index contributed by atoms with van der Waals surface area (Å²) in [5.41, 5.74) is 2.67. The maximum atomic E-state index is 12.7. The van der Waals surface area contributed by atoms with E-state index < -0.39 is 0 Å². The number of ether oxygens (including phenoxy) is 1. The molecule has 0 radical (unpaired) electrons. The minimum atomic E-state index is 0.0143. The fourth-order valence-electron chi connectivity index (χ4n) is 3.45. The number of fused-ring (bicyclic) bond motifs is 1. The van der Waals surface area contributed by atoms with Crippen LogP contribution in [-0.2, 0) is 13.1 Å². The number of carbonyl (C=O) groups excluding carboxylic acids is 1. The first-order valence-corrected chi connectivity index (χ1v) is 9.72. The number of carbonyl (C=O) groups is 1. The SMILES string of the molecule is CCOc1ccc(CN(c2ncc3c(n2)C(=O)N(C(C)C)C3)C2CC2)cc1. The fourth-order valence-corrected chi connectivity index (χ4v) is 3.45. The van der Waals surface area contributed by atoms with Crippen molar-refractivity contribution < 1.29 is 9.53 Å². The number of amides is 1. The van der Waals surface area contributed by atoms with Gasteiger partial charge in [-0.1, -0.05) is 12.1 Å². The van der Waals surface area contributed by atoms with E-state index in [1.807, 2.05) is 44.0 Å². The van der Waals surface area contributed by atoms with Crippen molar-refractivity contribution in [1.29, 1.82) is 0 Å². The zero-order valence-corrected chi connectivity index (χ0v) is 16.2. The Kier molecular flexibility index (Phi) is 4.72. The third-order valence-electron chi connectivity index (χ3n) is 5.11. The van der Waals surface area contributed by atoms with Gasteiger partial charge in [-0.25, -0.2) is 9.97 Å². The van der Waals surface area contributed by atoms with Crippen molar-refractivity contribution in [3.05, 3.63) is 47.3 Å². The van der Waals surface area contributed by atoms with E-state index in [0.29, 0.717) is 30.8 Å². The molecule has 0 spiro atoms. The lowest BCUT2D eigenvalue weighted by atomic mass is 10.2. The highest BCUT2D eigenvalue weighted by molar-refractivity contribution is 5.96. The molecule has 6 nitrogen and oxygen atoms in total. The molecule has 0 unspecified atom stereocenters. The minimum absolute atomic E-state index is 0.0143. The molecule has 2 aliphatic rings. The molecule has 0 bridgehead atoms. The molecule has 1 aliphatic carbocycles. The van der Waals surface area contributed by atoms with Crippen LogP contribution in [0.1, 0.15) is 55.2 Å². The van der Waals surface area contributed by atoms with Gasteiger partial charge >= 0.3 is 0 Å². The number of benzene rings is 1. The Morgan fingerprint density at radius 3 is 2.63 bits per heavy atom. The van der Waals surface area contributed by atoms with Crippen LogP contribution < -0.4 is 9.64 Å². The standard InChI is InChI=1S/C21H26N4O2/c1-4-27-18-9-5-15(6-10-18)12-25(17-7-8-17)21-22-11-16-13-24(14(2)3)20(26)19(16)23-21/h5-6,9-11,14,17H,4,7-8,12-13H2,1-3H3. The average molecular weight is 366 g/mol. The van der Waals surface area contributed by atoms with Gasteiger partial charge in [-0.3, -0.25) is 4.79 Å². The van der Waals surface area contributed by atoms with Gasteiger partial charge in [0.2, 0.25) is 5.95 Å². The van der Waals surface area contributed by atoms with Gasteiger partial charge in [-0.2, -0.15) is 0 Å². The van der Waals surface area contributed by atoms with E-state index in [1.165, 1.54) is 5.56 Å². The van der Waals surface area contributed by atoms with Crippen LogP contribution >= 0.6 is 0 Å². The molecule has 4 rings (SSSR count). The Bertz CT molecular complexity index is 831. The summed E-state index contributed by atoms with van der Waals surface area (Å²) in [6, 6.07) is 8.78. The van der Waals surface area contributed by atoms with Crippen LogP contribution in [-0.4, -0.2) is 39.5 Å². The van der Waals surface area contributed by atoms with E-state index in [0.717, 1.165) is 30.7 Å². The van der Waals surface area contributed by atoms with Crippen molar-refractivity contribution in [2.45, 2.75) is 58.8 Å². The first kappa shape index (κ1) is 17.8. The second-order valence-electron chi connectivity index (χ2n) is 7.51. The molecular formula is C21H26N4O2. The van der Waals surface area contributed by atoms with Crippen LogP contribution in [0, 0.1) is 0 Å². The first-order chi connectivity index (χ1) is 13.1. The van der Waals surface area contributed by atoms with Crippen molar-refractivity contribution in [1.82, 2.24) is 14.9 Å². The molecule has 0 N–H and O–H groups in total. The molecule has 27 heavy (non-hydrogen) atoms. The number of rotatable bonds is 7. The summed E-state index contributed by atoms with van der Waals surface area (Å²) in [6.07, 6.45) is 4.11. The third-order valence-corrected chi connectivity index (χ3v) is 5.11. The number of hydrogen-bond acceptors (Lipinski definition) is 5. The van der Waals surface area contributed by atoms with Crippen molar-refractivity contribution in [2.75, 3.05) is 11.5 Å². The molecule has 2 aromatic rings. The van der Waals surface area contributed by atoms with Gasteiger partial charge in [0.15, 0.2) is 0 Å². The molecular weight excluding hydrogens is 340 g/mol. The monoisotopic (exact) mass is 366 g/mol. The van der Waals surface area contributed by atoms with Crippen LogP contribution in [0.25, 0.3) is 0 Å². The number of anilines is 1. The molecule has 0 atom stereocenters. The summed E-state index contributed by atoms with van der Waals surface area (Å²) in [5.74, 6) is 1.55. The minimum Gasteiger partial charge on any atom is -0.494 e. The van der Waals surface area contributed by atoms with Crippen LogP contribution in [0.5, 0.6) is 5.75 Å². The van der Waals surface area contributed by atoms with E-state index in [2.05, 4.69) is 27.0 Å². The first-order valence-electron chi connectivity index (χ1n) is 9.72. The Hall–Kier alpha value is -2.63. The molecule has 1 saturated carbocycles. The lowest BCUT2D eigenvalue weighted by Gasteiger charge is -2.23. The highest BCUT2D eigenvalue weighted by Crippen LogP contribution is 2.33. The van der Waals surface area contributed by atoms with Crippen molar-refractivity contribution in [3.8, 4) is 5.75 Å². The highest BCUT2D eigenvalue weighted by Gasteiger charge is 2.35. The van der Waals surface area contributed by atoms with Crippen molar-refractivity contribution >= 4 is 11.9 Å². The largest absolute Gasteiger partial charge is 0.494 e. The van der Waals surface area contributed by atoms with Gasteiger partial charge in [0, 0.05) is 30.4 Å². The number of nitrogens with zero attached hydrogens (tertiary/aromatic N) is 4. The summed E-state index contributed by atoms with van der Waals surface area (Å²) < 4.78 is 5.52. The van der Waals surface area contributed by atoms with E-state index in [4.69, 9.17) is 4.74 Å². The molecule has 142 valence electrons. The lowest BCUT2D eigenvalue weighted by Crippen LogP contribution is -2.31. The summed E-state index contributed by atoms with van der Waals surface area (Å²) in [4.78, 5) is 26.0. The normalized spacial score (nSPS) is 16.0. The molecule has 1 amide bonds. The van der Waals surface area contributed by atoms with Crippen LogP contribution in [0.4, 0.5) is 5.95 Å². The van der Waals surface area contributed by atoms with Gasteiger partial charge in [0.25, 0.3) is 5.91 Å². The Morgan fingerprint density at radius 1 is 1.26 bits per heavy atom. The van der Waals surface area contributed by atoms with Crippen LogP contribution in [0.15, 0.2) is 30.5 Å². The summed E-state index contributed by atoms with van der Waals surface area (Å²) in [5, 5.41) is 0. The highest BCUT2D eigenvalue weighted by atomic mass is 16.5. The van der Waals surface area contributed by atoms with Gasteiger partial charge in [-0.15, -0.1) is 0 Å². The smallest absolute Gasteiger partial charge is 0.273 e. The van der Waals surface area contributed by atoms with Crippen molar-refractivity contribution in [3.63, 3.8) is 0 Å². The predicted octanol–water partition coefficient (Wildman–Crippen LogP) is 3.41. The Morgan fingerprint density at radius 2 is 2.00 bits per heavy atom. The Balaban J connectivity index is 1.56.